The molecular weight excluding hydrogens is 879 g/mol. The fourth-order valence-corrected chi connectivity index (χ4v) is 15.1. The Labute approximate surface area is 412 Å². The molecule has 0 spiro atoms. The number of para-hydroxylation sites is 4. The molecule has 0 amide bonds. The lowest BCUT2D eigenvalue weighted by atomic mass is 9.95. The zero-order valence-electron chi connectivity index (χ0n) is 39.3. The Kier molecular flexibility index (Phi) is 9.28. The largest absolute Gasteiger partial charge is 0.309 e. The monoisotopic (exact) mass is 923 g/mol. The van der Waals surface area contributed by atoms with Gasteiger partial charge in [0, 0.05) is 43.9 Å². The van der Waals surface area contributed by atoms with E-state index in [2.05, 4.69) is 259 Å². The van der Waals surface area contributed by atoms with Crippen LogP contribution < -0.4 is 10.4 Å². The van der Waals surface area contributed by atoms with E-state index in [0.29, 0.717) is 17.5 Å². The molecule has 0 aliphatic carbocycles. The second kappa shape index (κ2) is 16.1. The van der Waals surface area contributed by atoms with E-state index in [1.807, 2.05) is 0 Å². The predicted octanol–water partition coefficient (Wildman–Crippen LogP) is 15.2. The maximum Gasteiger partial charge on any atom is 0.166 e. The van der Waals surface area contributed by atoms with Crippen LogP contribution in [0.5, 0.6) is 0 Å². The van der Waals surface area contributed by atoms with Gasteiger partial charge in [0.1, 0.15) is 8.07 Å². The molecule has 0 bridgehead atoms. The van der Waals surface area contributed by atoms with Gasteiger partial charge in [-0.1, -0.05) is 201 Å². The molecule has 0 atom stereocenters. The third-order valence-electron chi connectivity index (χ3n) is 14.8. The van der Waals surface area contributed by atoms with E-state index >= 15 is 0 Å². The zero-order valence-corrected chi connectivity index (χ0v) is 40.3. The molecule has 334 valence electrons. The summed E-state index contributed by atoms with van der Waals surface area (Å²) in [5.74, 6) is 1.95. The van der Waals surface area contributed by atoms with E-state index in [9.17, 15) is 0 Å². The summed E-state index contributed by atoms with van der Waals surface area (Å²) in [5, 5.41) is 7.66. The van der Waals surface area contributed by atoms with Crippen LogP contribution in [0.15, 0.2) is 237 Å². The molecule has 0 fully saturated rings. The van der Waals surface area contributed by atoms with E-state index in [1.165, 1.54) is 70.8 Å². The Morgan fingerprint density at radius 2 is 0.761 bits per heavy atom. The maximum atomic E-state index is 5.54. The van der Waals surface area contributed by atoms with Crippen molar-refractivity contribution in [1.82, 2.24) is 24.1 Å². The van der Waals surface area contributed by atoms with Crippen LogP contribution in [0.2, 0.25) is 13.1 Å². The van der Waals surface area contributed by atoms with Gasteiger partial charge in [0.05, 0.1) is 27.8 Å². The van der Waals surface area contributed by atoms with Gasteiger partial charge in [-0.05, 0) is 92.3 Å². The molecule has 14 rings (SSSR count). The van der Waals surface area contributed by atoms with Crippen LogP contribution in [0.4, 0.5) is 0 Å². The number of benzene rings is 10. The molecule has 0 unspecified atom stereocenters. The molecule has 0 radical (unpaired) electrons. The minimum absolute atomic E-state index is 0.626. The number of nitrogens with zero attached hydrogens (tertiary/aromatic N) is 5. The van der Waals surface area contributed by atoms with Crippen molar-refractivity contribution < 1.29 is 0 Å². The standard InChI is InChI=1S/C65H45N5Si/c1-71(2)59-37-16-12-24-46(59)49-30-17-31-53(62(49)71)65-67-63(44-40-38-43(39-41-44)42-20-5-3-6-21-42)66-64(68-65)52-27-11-15-34-56(52)70-55-33-14-10-26-51(55)61-48(29-19-36-58(61)70)47-28-18-35-57-60(47)50-25-9-13-32-54(50)69(57)45-22-7-4-8-23-45/h3-41H,1-2H3. The van der Waals surface area contributed by atoms with Crippen molar-refractivity contribution in [3.8, 4) is 78.9 Å². The van der Waals surface area contributed by atoms with E-state index in [0.717, 1.165) is 44.7 Å². The Balaban J connectivity index is 0.995. The first kappa shape index (κ1) is 41.0. The summed E-state index contributed by atoms with van der Waals surface area (Å²) in [7, 11) is -2.15. The molecule has 6 heteroatoms. The summed E-state index contributed by atoms with van der Waals surface area (Å²) in [4.78, 5) is 16.4. The van der Waals surface area contributed by atoms with Gasteiger partial charge in [-0.2, -0.15) is 0 Å². The average Bonchev–Trinajstić information content (AvgIpc) is 4.04. The highest BCUT2D eigenvalue weighted by Crippen LogP contribution is 2.45. The molecule has 5 nitrogen and oxygen atoms in total. The molecule has 0 saturated carbocycles. The van der Waals surface area contributed by atoms with Crippen molar-refractivity contribution in [2.24, 2.45) is 0 Å². The fraction of sp³-hybridized carbons (Fsp3) is 0.0308. The van der Waals surface area contributed by atoms with Gasteiger partial charge in [0.25, 0.3) is 0 Å². The van der Waals surface area contributed by atoms with Gasteiger partial charge < -0.3 is 9.13 Å². The van der Waals surface area contributed by atoms with Crippen LogP contribution in [-0.2, 0) is 0 Å². The highest BCUT2D eigenvalue weighted by molar-refractivity contribution is 7.04. The summed E-state index contributed by atoms with van der Waals surface area (Å²) in [6.07, 6.45) is 0. The van der Waals surface area contributed by atoms with Gasteiger partial charge >= 0.3 is 0 Å². The summed E-state index contributed by atoms with van der Waals surface area (Å²) >= 11 is 0. The first-order valence-electron chi connectivity index (χ1n) is 24.4. The van der Waals surface area contributed by atoms with Gasteiger partial charge in [-0.3, -0.25) is 0 Å². The zero-order chi connectivity index (χ0) is 47.2. The molecule has 10 aromatic carbocycles. The molecule has 71 heavy (non-hydrogen) atoms. The topological polar surface area (TPSA) is 48.5 Å². The number of aromatic nitrogens is 5. The van der Waals surface area contributed by atoms with Crippen molar-refractivity contribution in [3.63, 3.8) is 0 Å². The minimum Gasteiger partial charge on any atom is -0.309 e. The molecule has 3 aromatic heterocycles. The molecule has 1 aliphatic heterocycles. The Morgan fingerprint density at radius 3 is 1.46 bits per heavy atom. The summed E-state index contributed by atoms with van der Waals surface area (Å²) in [5.41, 5.74) is 16.9. The lowest BCUT2D eigenvalue weighted by molar-refractivity contribution is 1.07. The SMILES string of the molecule is C[Si]1(C)c2ccccc2-c2cccc(-c3nc(-c4ccc(-c5ccccc5)cc4)nc(-c4ccccc4-n4c5ccccc5c5c(-c6cccc7c6c6ccccc6n7-c6ccccc6)cccc54)n3)c21. The van der Waals surface area contributed by atoms with E-state index in [-0.39, 0.29) is 0 Å². The van der Waals surface area contributed by atoms with Crippen molar-refractivity contribution in [3.05, 3.63) is 237 Å². The molecule has 1 aliphatic rings. The van der Waals surface area contributed by atoms with E-state index in [4.69, 9.17) is 15.0 Å². The van der Waals surface area contributed by atoms with Crippen LogP contribution in [0, 0.1) is 0 Å². The van der Waals surface area contributed by atoms with Crippen LogP contribution in [-0.4, -0.2) is 32.2 Å². The van der Waals surface area contributed by atoms with Crippen LogP contribution >= 0.6 is 0 Å². The third-order valence-corrected chi connectivity index (χ3v) is 18.4. The lowest BCUT2D eigenvalue weighted by Crippen LogP contribution is -2.50. The van der Waals surface area contributed by atoms with Crippen molar-refractivity contribution in [2.75, 3.05) is 0 Å². The van der Waals surface area contributed by atoms with Crippen LogP contribution in [0.3, 0.4) is 0 Å². The van der Waals surface area contributed by atoms with E-state index < -0.39 is 8.07 Å². The smallest absolute Gasteiger partial charge is 0.166 e. The van der Waals surface area contributed by atoms with Crippen molar-refractivity contribution in [2.45, 2.75) is 13.1 Å². The Bertz CT molecular complexity index is 4250. The first-order chi connectivity index (χ1) is 35.0. The summed E-state index contributed by atoms with van der Waals surface area (Å²) < 4.78 is 4.82. The molecule has 0 saturated heterocycles. The molecule has 4 heterocycles. The number of hydrogen-bond donors (Lipinski definition) is 0. The quantitative estimate of drug-likeness (QED) is 0.150. The molecular formula is C65H45N5Si. The second-order valence-corrected chi connectivity index (χ2v) is 23.4. The second-order valence-electron chi connectivity index (χ2n) is 19.1. The Hall–Kier alpha value is -8.97. The highest BCUT2D eigenvalue weighted by Gasteiger charge is 2.40. The summed E-state index contributed by atoms with van der Waals surface area (Å²) in [6, 6.07) is 85.2. The molecule has 0 N–H and O–H groups in total. The van der Waals surface area contributed by atoms with Gasteiger partial charge in [-0.25, -0.2) is 15.0 Å². The normalized spacial score (nSPS) is 12.8. The van der Waals surface area contributed by atoms with Crippen molar-refractivity contribution >= 4 is 62.1 Å². The van der Waals surface area contributed by atoms with Gasteiger partial charge in [0.15, 0.2) is 17.5 Å². The van der Waals surface area contributed by atoms with Gasteiger partial charge in [0.2, 0.25) is 0 Å². The number of rotatable bonds is 7. The summed E-state index contributed by atoms with van der Waals surface area (Å²) in [6.45, 7) is 4.92. The van der Waals surface area contributed by atoms with Crippen molar-refractivity contribution in [1.29, 1.82) is 0 Å². The lowest BCUT2D eigenvalue weighted by Gasteiger charge is -2.22. The maximum absolute atomic E-state index is 5.54. The molecule has 13 aromatic rings. The van der Waals surface area contributed by atoms with Crippen LogP contribution in [0.1, 0.15) is 0 Å². The first-order valence-corrected chi connectivity index (χ1v) is 27.4. The predicted molar refractivity (Wildman–Crippen MR) is 298 cm³/mol. The third kappa shape index (κ3) is 6.35. The fourth-order valence-electron chi connectivity index (χ4n) is 11.7. The highest BCUT2D eigenvalue weighted by atomic mass is 28.3. The minimum atomic E-state index is -2.15. The van der Waals surface area contributed by atoms with Crippen LogP contribution in [0.25, 0.3) is 123 Å². The average molecular weight is 924 g/mol. The van der Waals surface area contributed by atoms with E-state index in [1.54, 1.807) is 0 Å². The Morgan fingerprint density at radius 1 is 0.310 bits per heavy atom. The number of hydrogen-bond acceptors (Lipinski definition) is 3. The van der Waals surface area contributed by atoms with Gasteiger partial charge in [-0.15, -0.1) is 0 Å². The number of fused-ring (bicyclic) bond motifs is 9.